The second kappa shape index (κ2) is 16.8. The Morgan fingerprint density at radius 2 is 1.53 bits per heavy atom. The van der Waals surface area contributed by atoms with Crippen LogP contribution in [0.25, 0.3) is 0 Å². The molecule has 3 aromatic carbocycles. The minimum atomic E-state index is -1.10. The number of ether oxygens (including phenoxy) is 1. The van der Waals surface area contributed by atoms with Crippen LogP contribution in [0.2, 0.25) is 0 Å². The monoisotopic (exact) mass is 695 g/mol. The predicted molar refractivity (Wildman–Crippen MR) is 180 cm³/mol. The standard InChI is InChI=1S/C36H39F2N3O7S/c37-25-10-6-23(7-11-25)30(42)21-49-34-33(41(35(34)45)27-14-12-26(38)13-15-27)24-8-16-28(17-9-24)48-20-32(44)39-19-31(43)40-29(36(46)47)18-22-4-2-1-3-5-22/h6-17,22,29-30,33-34,42H,1-5,18-21H2,(H,39,44)(H,40,43)(H,46,47)/t29-,30?,33-,34-/m1/s1. The molecule has 0 radical (unpaired) electrons. The summed E-state index contributed by atoms with van der Waals surface area (Å²) in [7, 11) is 0. The first-order valence-electron chi connectivity index (χ1n) is 16.2. The van der Waals surface area contributed by atoms with Gasteiger partial charge in [0.1, 0.15) is 28.7 Å². The van der Waals surface area contributed by atoms with Gasteiger partial charge in [-0.05, 0) is 72.0 Å². The number of aliphatic hydroxyl groups excluding tert-OH is 1. The highest BCUT2D eigenvalue weighted by atomic mass is 32.2. The molecular weight excluding hydrogens is 656 g/mol. The summed E-state index contributed by atoms with van der Waals surface area (Å²) in [6.45, 7) is -0.778. The Bertz CT molecular complexity index is 1600. The third-order valence-electron chi connectivity index (χ3n) is 8.80. The summed E-state index contributed by atoms with van der Waals surface area (Å²) in [5.74, 6) is -2.54. The number of thioether (sulfide) groups is 1. The van der Waals surface area contributed by atoms with E-state index in [4.69, 9.17) is 4.74 Å². The maximum absolute atomic E-state index is 13.6. The Morgan fingerprint density at radius 1 is 0.898 bits per heavy atom. The number of carbonyl (C=O) groups excluding carboxylic acids is 3. The number of hydrogen-bond acceptors (Lipinski definition) is 7. The molecule has 0 aromatic heterocycles. The third-order valence-corrected chi connectivity index (χ3v) is 10.1. The minimum absolute atomic E-state index is 0.182. The molecule has 1 aliphatic heterocycles. The number of aliphatic hydroxyl groups is 1. The van der Waals surface area contributed by atoms with Gasteiger partial charge in [0.25, 0.3) is 5.91 Å². The molecule has 3 aromatic rings. The number of amides is 3. The van der Waals surface area contributed by atoms with Crippen LogP contribution in [0.1, 0.15) is 61.8 Å². The van der Waals surface area contributed by atoms with Crippen molar-refractivity contribution in [3.63, 3.8) is 0 Å². The van der Waals surface area contributed by atoms with Gasteiger partial charge in [-0.25, -0.2) is 13.6 Å². The second-order valence-electron chi connectivity index (χ2n) is 12.3. The molecule has 2 fully saturated rings. The van der Waals surface area contributed by atoms with Gasteiger partial charge in [-0.3, -0.25) is 14.4 Å². The number of β-lactam (4-membered cyclic amide) rings is 1. The van der Waals surface area contributed by atoms with Crippen molar-refractivity contribution in [2.45, 2.75) is 62.0 Å². The number of aliphatic carboxylic acids is 1. The SMILES string of the molecule is O=C(COc1ccc([C@@H]2[C@@H](SCC(O)c3ccc(F)cc3)C(=O)N2c2ccc(F)cc2)cc1)NCC(=O)N[C@H](CC1CCCCC1)C(=O)O. The van der Waals surface area contributed by atoms with Gasteiger partial charge < -0.3 is 30.5 Å². The first-order valence-corrected chi connectivity index (χ1v) is 17.3. The molecule has 1 aliphatic carbocycles. The first kappa shape index (κ1) is 35.8. The van der Waals surface area contributed by atoms with E-state index in [2.05, 4.69) is 10.6 Å². The molecular formula is C36H39F2N3O7S. The van der Waals surface area contributed by atoms with Gasteiger partial charge in [0.15, 0.2) is 6.61 Å². The van der Waals surface area contributed by atoms with E-state index in [1.165, 1.54) is 60.3 Å². The Kier molecular flexibility index (Phi) is 12.2. The van der Waals surface area contributed by atoms with Gasteiger partial charge >= 0.3 is 5.97 Å². The Morgan fingerprint density at radius 3 is 2.16 bits per heavy atom. The first-order chi connectivity index (χ1) is 23.6. The van der Waals surface area contributed by atoms with Crippen molar-refractivity contribution in [2.75, 3.05) is 23.8 Å². The molecule has 0 bridgehead atoms. The van der Waals surface area contributed by atoms with Gasteiger partial charge in [-0.15, -0.1) is 11.8 Å². The van der Waals surface area contributed by atoms with E-state index in [0.717, 1.165) is 37.7 Å². The number of nitrogens with one attached hydrogen (secondary N) is 2. The molecule has 1 heterocycles. The number of carboxylic acid groups (broad SMARTS) is 1. The van der Waals surface area contributed by atoms with E-state index >= 15 is 0 Å². The molecule has 13 heteroatoms. The van der Waals surface area contributed by atoms with Crippen LogP contribution >= 0.6 is 11.8 Å². The molecule has 2 aliphatic rings. The zero-order valence-electron chi connectivity index (χ0n) is 26.7. The molecule has 5 rings (SSSR count). The van der Waals surface area contributed by atoms with Crippen molar-refractivity contribution >= 4 is 41.1 Å². The summed E-state index contributed by atoms with van der Waals surface area (Å²) in [6, 6.07) is 16.4. The summed E-state index contributed by atoms with van der Waals surface area (Å²) in [5, 5.41) is 24.6. The lowest BCUT2D eigenvalue weighted by molar-refractivity contribution is -0.142. The van der Waals surface area contributed by atoms with Crippen LogP contribution in [0, 0.1) is 17.6 Å². The van der Waals surface area contributed by atoms with E-state index in [-0.39, 0.29) is 30.7 Å². The summed E-state index contributed by atoms with van der Waals surface area (Å²) in [5.41, 5.74) is 1.78. The lowest BCUT2D eigenvalue weighted by Gasteiger charge is -2.47. The Hall–Kier alpha value is -4.49. The molecule has 10 nitrogen and oxygen atoms in total. The highest BCUT2D eigenvalue weighted by molar-refractivity contribution is 8.00. The quantitative estimate of drug-likeness (QED) is 0.164. The van der Waals surface area contributed by atoms with Gasteiger partial charge in [-0.1, -0.05) is 56.4 Å². The van der Waals surface area contributed by atoms with Crippen molar-refractivity contribution < 1.29 is 42.9 Å². The highest BCUT2D eigenvalue weighted by Gasteiger charge is 2.49. The molecule has 4 atom stereocenters. The number of carboxylic acids is 1. The van der Waals surface area contributed by atoms with E-state index in [1.807, 2.05) is 0 Å². The van der Waals surface area contributed by atoms with Crippen LogP contribution in [-0.2, 0) is 19.2 Å². The van der Waals surface area contributed by atoms with E-state index in [1.54, 1.807) is 29.2 Å². The van der Waals surface area contributed by atoms with Gasteiger partial charge in [-0.2, -0.15) is 0 Å². The fourth-order valence-electron chi connectivity index (χ4n) is 6.18. The predicted octanol–water partition coefficient (Wildman–Crippen LogP) is 4.92. The number of anilines is 1. The van der Waals surface area contributed by atoms with Gasteiger partial charge in [0.05, 0.1) is 18.7 Å². The fourth-order valence-corrected chi connectivity index (χ4v) is 7.48. The maximum atomic E-state index is 13.6. The molecule has 0 spiro atoms. The lowest BCUT2D eigenvalue weighted by Crippen LogP contribution is -2.57. The van der Waals surface area contributed by atoms with Crippen molar-refractivity contribution in [1.29, 1.82) is 0 Å². The van der Waals surface area contributed by atoms with E-state index in [9.17, 15) is 38.2 Å². The average Bonchev–Trinajstić information content (AvgIpc) is 3.10. The average molecular weight is 696 g/mol. The Balaban J connectivity index is 1.15. The summed E-state index contributed by atoms with van der Waals surface area (Å²) < 4.78 is 32.6. The van der Waals surface area contributed by atoms with E-state index < -0.39 is 52.9 Å². The lowest BCUT2D eigenvalue weighted by atomic mass is 9.85. The Labute approximate surface area is 287 Å². The maximum Gasteiger partial charge on any atom is 0.326 e. The van der Waals surface area contributed by atoms with Crippen LogP contribution in [0.15, 0.2) is 72.8 Å². The molecule has 1 saturated carbocycles. The van der Waals surface area contributed by atoms with Crippen LogP contribution in [-0.4, -0.2) is 64.1 Å². The van der Waals surface area contributed by atoms with Crippen LogP contribution in [0.3, 0.4) is 0 Å². The van der Waals surface area contributed by atoms with Crippen LogP contribution < -0.4 is 20.3 Å². The van der Waals surface area contributed by atoms with E-state index in [0.29, 0.717) is 23.4 Å². The van der Waals surface area contributed by atoms with Crippen molar-refractivity contribution in [1.82, 2.24) is 10.6 Å². The van der Waals surface area contributed by atoms with Crippen molar-refractivity contribution in [3.05, 3.63) is 95.6 Å². The molecule has 49 heavy (non-hydrogen) atoms. The molecule has 260 valence electrons. The fraction of sp³-hybridized carbons (Fsp3) is 0.389. The largest absolute Gasteiger partial charge is 0.484 e. The minimum Gasteiger partial charge on any atom is -0.484 e. The topological polar surface area (TPSA) is 145 Å². The molecule has 4 N–H and O–H groups in total. The number of halogens is 2. The molecule has 1 saturated heterocycles. The summed E-state index contributed by atoms with van der Waals surface area (Å²) in [4.78, 5) is 51.3. The van der Waals surface area contributed by atoms with Crippen LogP contribution in [0.5, 0.6) is 5.75 Å². The zero-order valence-corrected chi connectivity index (χ0v) is 27.5. The smallest absolute Gasteiger partial charge is 0.326 e. The second-order valence-corrected chi connectivity index (χ2v) is 13.5. The number of nitrogens with zero attached hydrogens (tertiary/aromatic N) is 1. The number of carbonyl (C=O) groups is 4. The molecule has 1 unspecified atom stereocenters. The normalized spacial score (nSPS) is 19.0. The van der Waals surface area contributed by atoms with Gasteiger partial charge in [0, 0.05) is 11.4 Å². The van der Waals surface area contributed by atoms with Crippen molar-refractivity contribution in [3.8, 4) is 5.75 Å². The summed E-state index contributed by atoms with van der Waals surface area (Å²) in [6.07, 6.45) is 4.59. The highest BCUT2D eigenvalue weighted by Crippen LogP contribution is 2.46. The van der Waals surface area contributed by atoms with Gasteiger partial charge in [0.2, 0.25) is 11.8 Å². The zero-order chi connectivity index (χ0) is 34.9. The molecule has 3 amide bonds. The number of rotatable bonds is 15. The van der Waals surface area contributed by atoms with Crippen molar-refractivity contribution in [2.24, 2.45) is 5.92 Å². The van der Waals surface area contributed by atoms with Crippen LogP contribution in [0.4, 0.5) is 14.5 Å². The third kappa shape index (κ3) is 9.57. The number of hydrogen-bond donors (Lipinski definition) is 4. The number of benzene rings is 3. The summed E-state index contributed by atoms with van der Waals surface area (Å²) >= 11 is 1.26.